The van der Waals surface area contributed by atoms with Crippen LogP contribution < -0.4 is 5.32 Å². The second-order valence-electron chi connectivity index (χ2n) is 6.37. The summed E-state index contributed by atoms with van der Waals surface area (Å²) in [7, 11) is 1.87. The highest BCUT2D eigenvalue weighted by atomic mass is 32.1. The number of anilines is 1. The smallest absolute Gasteiger partial charge is 0.240 e. The van der Waals surface area contributed by atoms with Crippen molar-refractivity contribution in [3.8, 4) is 11.3 Å². The fourth-order valence-electron chi connectivity index (χ4n) is 2.58. The molecule has 27 heavy (non-hydrogen) atoms. The van der Waals surface area contributed by atoms with Crippen LogP contribution in [0.25, 0.3) is 11.3 Å². The van der Waals surface area contributed by atoms with E-state index >= 15 is 0 Å². The van der Waals surface area contributed by atoms with Crippen molar-refractivity contribution in [3.63, 3.8) is 0 Å². The average Bonchev–Trinajstić information content (AvgIpc) is 3.07. The highest BCUT2D eigenvalue weighted by Gasteiger charge is 2.12. The molecule has 140 valence electrons. The third-order valence-electron chi connectivity index (χ3n) is 3.95. The molecule has 7 heteroatoms. The Kier molecular flexibility index (Phi) is 5.93. The van der Waals surface area contributed by atoms with Crippen LogP contribution in [0.15, 0.2) is 47.8 Å². The van der Waals surface area contributed by atoms with Crippen LogP contribution in [0.1, 0.15) is 11.1 Å². The number of aryl methyl sites for hydroxylation is 1. The Labute approximate surface area is 160 Å². The molecule has 1 N–H and O–H groups in total. The fraction of sp³-hybridized carbons (Fsp3) is 0.200. The highest BCUT2D eigenvalue weighted by Crippen LogP contribution is 2.26. The van der Waals surface area contributed by atoms with Gasteiger partial charge in [0.1, 0.15) is 0 Å². The number of thiazole rings is 1. The Balaban J connectivity index is 1.57. The Hall–Kier alpha value is -2.64. The van der Waals surface area contributed by atoms with E-state index in [1.54, 1.807) is 5.38 Å². The van der Waals surface area contributed by atoms with Gasteiger partial charge in [0.2, 0.25) is 5.91 Å². The van der Waals surface area contributed by atoms with Gasteiger partial charge in [-0.15, -0.1) is 11.3 Å². The number of benzene rings is 2. The number of hydrogen-bond acceptors (Lipinski definition) is 4. The molecule has 0 aliphatic carbocycles. The first-order chi connectivity index (χ1) is 12.9. The van der Waals surface area contributed by atoms with E-state index in [1.807, 2.05) is 43.1 Å². The van der Waals surface area contributed by atoms with Gasteiger partial charge in [0.05, 0.1) is 12.2 Å². The molecule has 3 rings (SSSR count). The maximum atomic E-state index is 13.4. The Bertz CT molecular complexity index is 941. The number of nitrogens with one attached hydrogen (secondary N) is 1. The van der Waals surface area contributed by atoms with Crippen LogP contribution in [0.2, 0.25) is 0 Å². The molecule has 1 heterocycles. The number of rotatable bonds is 6. The zero-order valence-corrected chi connectivity index (χ0v) is 15.8. The molecule has 0 aliphatic heterocycles. The van der Waals surface area contributed by atoms with Crippen molar-refractivity contribution in [2.24, 2.45) is 0 Å². The van der Waals surface area contributed by atoms with Gasteiger partial charge in [0.25, 0.3) is 0 Å². The van der Waals surface area contributed by atoms with Crippen LogP contribution in [0, 0.1) is 18.6 Å². The molecule has 4 nitrogen and oxygen atoms in total. The molecule has 0 saturated heterocycles. The van der Waals surface area contributed by atoms with Crippen LogP contribution >= 0.6 is 11.3 Å². The Morgan fingerprint density at radius 1 is 1.15 bits per heavy atom. The van der Waals surface area contributed by atoms with Gasteiger partial charge in [-0.3, -0.25) is 9.69 Å². The number of carbonyl (C=O) groups excluding carboxylic acids is 1. The molecule has 1 aromatic heterocycles. The van der Waals surface area contributed by atoms with Gasteiger partial charge in [0, 0.05) is 17.5 Å². The molecule has 0 saturated carbocycles. The number of halogens is 2. The summed E-state index contributed by atoms with van der Waals surface area (Å²) >= 11 is 1.24. The zero-order valence-electron chi connectivity index (χ0n) is 15.0. The average molecular weight is 387 g/mol. The van der Waals surface area contributed by atoms with Crippen molar-refractivity contribution in [2.75, 3.05) is 18.9 Å². The summed E-state index contributed by atoms with van der Waals surface area (Å²) in [5.74, 6) is -2.02. The molecule has 0 aliphatic rings. The summed E-state index contributed by atoms with van der Waals surface area (Å²) in [5.41, 5.74) is 3.27. The van der Waals surface area contributed by atoms with Crippen LogP contribution in [0.5, 0.6) is 0 Å². The maximum absolute atomic E-state index is 13.4. The molecule has 0 fully saturated rings. The number of nitrogens with zero attached hydrogens (tertiary/aromatic N) is 2. The van der Waals surface area contributed by atoms with E-state index < -0.39 is 11.6 Å². The molecule has 0 radical (unpaired) electrons. The van der Waals surface area contributed by atoms with Crippen LogP contribution in [0.4, 0.5) is 13.9 Å². The van der Waals surface area contributed by atoms with Crippen molar-refractivity contribution < 1.29 is 13.6 Å². The third-order valence-corrected chi connectivity index (χ3v) is 4.71. The van der Waals surface area contributed by atoms with Crippen molar-refractivity contribution in [1.29, 1.82) is 0 Å². The van der Waals surface area contributed by atoms with E-state index in [1.165, 1.54) is 23.0 Å². The van der Waals surface area contributed by atoms with Crippen LogP contribution in [-0.2, 0) is 11.3 Å². The van der Waals surface area contributed by atoms with Crippen LogP contribution in [0.3, 0.4) is 0 Å². The predicted octanol–water partition coefficient (Wildman–Crippen LogP) is 4.47. The first-order valence-electron chi connectivity index (χ1n) is 8.35. The molecule has 0 atom stereocenters. The second kappa shape index (κ2) is 8.37. The lowest BCUT2D eigenvalue weighted by Gasteiger charge is -2.15. The number of hydrogen-bond donors (Lipinski definition) is 1. The Morgan fingerprint density at radius 3 is 2.59 bits per heavy atom. The number of aromatic nitrogens is 1. The third kappa shape index (κ3) is 5.18. The molecule has 0 spiro atoms. The van der Waals surface area contributed by atoms with E-state index in [9.17, 15) is 13.6 Å². The number of likely N-dealkylation sites (N-methyl/N-ethyl adjacent to an activating group) is 1. The molecule has 1 amide bonds. The summed E-state index contributed by atoms with van der Waals surface area (Å²) in [6, 6.07) is 11.8. The van der Waals surface area contributed by atoms with Crippen molar-refractivity contribution in [3.05, 3.63) is 70.6 Å². The van der Waals surface area contributed by atoms with Gasteiger partial charge in [0.15, 0.2) is 16.8 Å². The summed E-state index contributed by atoms with van der Waals surface area (Å²) in [5, 5.41) is 4.86. The predicted molar refractivity (Wildman–Crippen MR) is 104 cm³/mol. The zero-order chi connectivity index (χ0) is 19.4. The minimum Gasteiger partial charge on any atom is -0.301 e. The molecule has 3 aromatic rings. The lowest BCUT2D eigenvalue weighted by molar-refractivity contribution is -0.117. The monoisotopic (exact) mass is 387 g/mol. The number of amides is 1. The van der Waals surface area contributed by atoms with Crippen molar-refractivity contribution >= 4 is 22.4 Å². The van der Waals surface area contributed by atoms with Gasteiger partial charge >= 0.3 is 0 Å². The van der Waals surface area contributed by atoms with Crippen molar-refractivity contribution in [2.45, 2.75) is 13.5 Å². The maximum Gasteiger partial charge on any atom is 0.240 e. The first-order valence-corrected chi connectivity index (χ1v) is 9.23. The van der Waals surface area contributed by atoms with Gasteiger partial charge in [-0.2, -0.15) is 0 Å². The summed E-state index contributed by atoms with van der Waals surface area (Å²) < 4.78 is 26.4. The second-order valence-corrected chi connectivity index (χ2v) is 7.23. The summed E-state index contributed by atoms with van der Waals surface area (Å²) in [6.45, 7) is 2.91. The van der Waals surface area contributed by atoms with E-state index in [4.69, 9.17) is 0 Å². The topological polar surface area (TPSA) is 45.2 Å². The van der Waals surface area contributed by atoms with Gasteiger partial charge in [-0.05, 0) is 37.7 Å². The minimum absolute atomic E-state index is 0.184. The fourth-order valence-corrected chi connectivity index (χ4v) is 3.32. The molecule has 0 unspecified atom stereocenters. The highest BCUT2D eigenvalue weighted by molar-refractivity contribution is 7.14. The van der Waals surface area contributed by atoms with Crippen LogP contribution in [-0.4, -0.2) is 29.4 Å². The normalized spacial score (nSPS) is 11.0. The largest absolute Gasteiger partial charge is 0.301 e. The molecule has 0 bridgehead atoms. The van der Waals surface area contributed by atoms with Gasteiger partial charge in [-0.25, -0.2) is 13.8 Å². The molecule has 2 aromatic carbocycles. The summed E-state index contributed by atoms with van der Waals surface area (Å²) in [6.07, 6.45) is 0. The van der Waals surface area contributed by atoms with E-state index in [-0.39, 0.29) is 12.5 Å². The number of carbonyl (C=O) groups is 1. The van der Waals surface area contributed by atoms with Crippen molar-refractivity contribution in [1.82, 2.24) is 9.88 Å². The standard InChI is InChI=1S/C20H19F2N3OS/c1-13-3-5-14(6-4-13)10-25(2)11-19(26)24-20-23-18(12-27-20)15-7-8-16(21)17(22)9-15/h3-9,12H,10-11H2,1-2H3,(H,23,24,26). The molecular weight excluding hydrogens is 368 g/mol. The lowest BCUT2D eigenvalue weighted by Crippen LogP contribution is -2.29. The quantitative estimate of drug-likeness (QED) is 0.679. The van der Waals surface area contributed by atoms with Gasteiger partial charge in [-0.1, -0.05) is 29.8 Å². The Morgan fingerprint density at radius 2 is 1.89 bits per heavy atom. The minimum atomic E-state index is -0.927. The molecular formula is C20H19F2N3OS. The van der Waals surface area contributed by atoms with E-state index in [0.29, 0.717) is 22.9 Å². The SMILES string of the molecule is Cc1ccc(CN(C)CC(=O)Nc2nc(-c3ccc(F)c(F)c3)cs2)cc1. The van der Waals surface area contributed by atoms with E-state index in [2.05, 4.69) is 10.3 Å². The summed E-state index contributed by atoms with van der Waals surface area (Å²) in [4.78, 5) is 18.4. The van der Waals surface area contributed by atoms with Gasteiger partial charge < -0.3 is 5.32 Å². The lowest BCUT2D eigenvalue weighted by atomic mass is 10.1. The first kappa shape index (κ1) is 19.1. The van der Waals surface area contributed by atoms with E-state index in [0.717, 1.165) is 17.7 Å².